The van der Waals surface area contributed by atoms with E-state index in [1.54, 1.807) is 0 Å². The molecule has 0 N–H and O–H groups in total. The molecule has 6 heterocycles. The van der Waals surface area contributed by atoms with Crippen LogP contribution in [0.15, 0.2) is 120 Å². The summed E-state index contributed by atoms with van der Waals surface area (Å²) in [7, 11) is 0. The maximum absolute atomic E-state index is 2.55. The summed E-state index contributed by atoms with van der Waals surface area (Å²) in [6, 6.07) is 41.8. The SMILES string of the molecule is CC(C)(C)c1ccc2c(c1)c1cccc(-c3cccs3)c1c1cc3c(cc4c5c(-c6cccs6)cccc5c5cc(C(C)(C)C)ccc5n43)n21. The van der Waals surface area contributed by atoms with Crippen LogP contribution in [0.25, 0.3) is 86.3 Å². The molecule has 0 unspecified atom stereocenters. The summed E-state index contributed by atoms with van der Waals surface area (Å²) in [5.41, 5.74) is 12.9. The van der Waals surface area contributed by atoms with Crippen LogP contribution in [0.2, 0.25) is 0 Å². The Morgan fingerprint density at radius 3 is 1.22 bits per heavy atom. The molecule has 4 heteroatoms. The third-order valence-corrected chi connectivity index (χ3v) is 12.6. The fourth-order valence-corrected chi connectivity index (χ4v) is 9.76. The highest BCUT2D eigenvalue weighted by molar-refractivity contribution is 7.14. The van der Waals surface area contributed by atoms with Crippen molar-refractivity contribution in [1.82, 2.24) is 8.80 Å². The van der Waals surface area contributed by atoms with Crippen molar-refractivity contribution in [2.75, 3.05) is 0 Å². The topological polar surface area (TPSA) is 8.82 Å². The van der Waals surface area contributed by atoms with Crippen LogP contribution in [-0.4, -0.2) is 8.80 Å². The maximum atomic E-state index is 2.55. The van der Waals surface area contributed by atoms with Crippen molar-refractivity contribution in [2.45, 2.75) is 52.4 Å². The largest absolute Gasteiger partial charge is 0.307 e. The molecule has 0 aliphatic rings. The monoisotopic (exact) mass is 682 g/mol. The Balaban J connectivity index is 1.46. The van der Waals surface area contributed by atoms with Gasteiger partial charge >= 0.3 is 0 Å². The number of thiophene rings is 2. The molecule has 0 aliphatic heterocycles. The van der Waals surface area contributed by atoms with E-state index in [4.69, 9.17) is 0 Å². The first-order valence-corrected chi connectivity index (χ1v) is 19.3. The average molecular weight is 683 g/mol. The van der Waals surface area contributed by atoms with Crippen molar-refractivity contribution < 1.29 is 0 Å². The average Bonchev–Trinajstić information content (AvgIpc) is 3.92. The second-order valence-electron chi connectivity index (χ2n) is 15.9. The highest BCUT2D eigenvalue weighted by Crippen LogP contribution is 2.45. The molecular formula is C46H38N2S2. The van der Waals surface area contributed by atoms with Gasteiger partial charge in [0.25, 0.3) is 0 Å². The summed E-state index contributed by atoms with van der Waals surface area (Å²) in [5, 5.41) is 12.2. The maximum Gasteiger partial charge on any atom is 0.0724 e. The molecule has 50 heavy (non-hydrogen) atoms. The second-order valence-corrected chi connectivity index (χ2v) is 17.8. The third-order valence-electron chi connectivity index (χ3n) is 10.8. The number of fused-ring (bicyclic) bond motifs is 15. The van der Waals surface area contributed by atoms with E-state index < -0.39 is 0 Å². The van der Waals surface area contributed by atoms with Gasteiger partial charge in [-0.3, -0.25) is 0 Å². The zero-order valence-electron chi connectivity index (χ0n) is 29.3. The molecule has 6 aromatic heterocycles. The molecule has 0 atom stereocenters. The van der Waals surface area contributed by atoms with Crippen LogP contribution >= 0.6 is 22.7 Å². The number of benzene rings is 4. The zero-order valence-corrected chi connectivity index (χ0v) is 30.9. The molecule has 4 aromatic carbocycles. The lowest BCUT2D eigenvalue weighted by atomic mass is 9.85. The van der Waals surface area contributed by atoms with E-state index in [0.29, 0.717) is 0 Å². The van der Waals surface area contributed by atoms with Gasteiger partial charge in [0, 0.05) is 42.4 Å². The Morgan fingerprint density at radius 1 is 0.400 bits per heavy atom. The van der Waals surface area contributed by atoms with Crippen molar-refractivity contribution in [3.8, 4) is 20.9 Å². The number of hydrogen-bond acceptors (Lipinski definition) is 2. The first-order chi connectivity index (χ1) is 24.1. The minimum atomic E-state index is 0.0413. The number of nitrogens with zero attached hydrogens (tertiary/aromatic N) is 2. The van der Waals surface area contributed by atoms with Crippen LogP contribution in [0.5, 0.6) is 0 Å². The molecule has 0 fully saturated rings. The summed E-state index contributed by atoms with van der Waals surface area (Å²) < 4.78 is 5.11. The van der Waals surface area contributed by atoms with Gasteiger partial charge in [0.05, 0.1) is 33.1 Å². The van der Waals surface area contributed by atoms with Crippen LogP contribution in [0.1, 0.15) is 52.7 Å². The fourth-order valence-electron chi connectivity index (χ4n) is 8.25. The van der Waals surface area contributed by atoms with Crippen molar-refractivity contribution in [1.29, 1.82) is 0 Å². The van der Waals surface area contributed by atoms with Gasteiger partial charge in [-0.1, -0.05) is 102 Å². The Labute approximate surface area is 299 Å². The van der Waals surface area contributed by atoms with Gasteiger partial charge < -0.3 is 8.80 Å². The number of hydrogen-bond donors (Lipinski definition) is 0. The Bertz CT molecular complexity index is 2770. The van der Waals surface area contributed by atoms with Crippen molar-refractivity contribution in [3.05, 3.63) is 131 Å². The van der Waals surface area contributed by atoms with Gasteiger partial charge in [0.2, 0.25) is 0 Å². The van der Waals surface area contributed by atoms with Gasteiger partial charge in [0.1, 0.15) is 0 Å². The molecule has 0 bridgehead atoms. The molecule has 0 aliphatic carbocycles. The summed E-state index contributed by atoms with van der Waals surface area (Å²) in [6.07, 6.45) is 0. The van der Waals surface area contributed by atoms with E-state index in [1.807, 2.05) is 22.7 Å². The van der Waals surface area contributed by atoms with Crippen LogP contribution < -0.4 is 0 Å². The minimum Gasteiger partial charge on any atom is -0.307 e. The van der Waals surface area contributed by atoms with E-state index in [-0.39, 0.29) is 10.8 Å². The molecule has 10 aromatic rings. The van der Waals surface area contributed by atoms with Gasteiger partial charge in [0.15, 0.2) is 0 Å². The smallest absolute Gasteiger partial charge is 0.0724 e. The lowest BCUT2D eigenvalue weighted by Crippen LogP contribution is -2.10. The predicted molar refractivity (Wildman–Crippen MR) is 220 cm³/mol. The van der Waals surface area contributed by atoms with Crippen LogP contribution in [0.4, 0.5) is 0 Å². The predicted octanol–water partition coefficient (Wildman–Crippen LogP) is 14.0. The van der Waals surface area contributed by atoms with Gasteiger partial charge in [-0.05, 0) is 92.0 Å². The summed E-state index contributed by atoms with van der Waals surface area (Å²) in [4.78, 5) is 2.60. The van der Waals surface area contributed by atoms with Crippen molar-refractivity contribution in [2.24, 2.45) is 0 Å². The highest BCUT2D eigenvalue weighted by atomic mass is 32.1. The van der Waals surface area contributed by atoms with E-state index in [1.165, 1.54) is 97.4 Å². The number of pyridine rings is 2. The Kier molecular flexibility index (Phi) is 6.18. The Morgan fingerprint density at radius 2 is 0.840 bits per heavy atom. The summed E-state index contributed by atoms with van der Waals surface area (Å²) >= 11 is 3.63. The van der Waals surface area contributed by atoms with Gasteiger partial charge in [-0.2, -0.15) is 0 Å². The number of rotatable bonds is 2. The highest BCUT2D eigenvalue weighted by Gasteiger charge is 2.24. The van der Waals surface area contributed by atoms with Crippen LogP contribution in [0.3, 0.4) is 0 Å². The van der Waals surface area contributed by atoms with Crippen LogP contribution in [0, 0.1) is 0 Å². The molecule has 0 radical (unpaired) electrons. The third kappa shape index (κ3) is 4.19. The van der Waals surface area contributed by atoms with E-state index in [2.05, 4.69) is 170 Å². The molecule has 0 saturated heterocycles. The summed E-state index contributed by atoms with van der Waals surface area (Å²) in [6.45, 7) is 13.9. The number of aromatic nitrogens is 2. The zero-order chi connectivity index (χ0) is 34.1. The fraction of sp³-hybridized carbons (Fsp3) is 0.174. The first kappa shape index (κ1) is 30.0. The molecular weight excluding hydrogens is 645 g/mol. The normalized spacial score (nSPS) is 13.0. The quantitative estimate of drug-likeness (QED) is 0.161. The van der Waals surface area contributed by atoms with Crippen molar-refractivity contribution >= 4 is 88.1 Å². The molecule has 0 amide bonds. The lowest BCUT2D eigenvalue weighted by molar-refractivity contribution is 0.591. The second kappa shape index (κ2) is 10.3. The Hall–Kier alpha value is -4.90. The van der Waals surface area contributed by atoms with Gasteiger partial charge in [-0.25, -0.2) is 0 Å². The van der Waals surface area contributed by atoms with E-state index in [9.17, 15) is 0 Å². The molecule has 0 saturated carbocycles. The van der Waals surface area contributed by atoms with E-state index >= 15 is 0 Å². The summed E-state index contributed by atoms with van der Waals surface area (Å²) in [5.74, 6) is 0. The van der Waals surface area contributed by atoms with Crippen LogP contribution in [-0.2, 0) is 10.8 Å². The van der Waals surface area contributed by atoms with Gasteiger partial charge in [-0.15, -0.1) is 22.7 Å². The molecule has 10 rings (SSSR count). The molecule has 2 nitrogen and oxygen atoms in total. The molecule has 0 spiro atoms. The first-order valence-electron chi connectivity index (χ1n) is 17.5. The minimum absolute atomic E-state index is 0.0413. The molecule has 244 valence electrons. The van der Waals surface area contributed by atoms with Crippen molar-refractivity contribution in [3.63, 3.8) is 0 Å². The standard InChI is InChI=1S/C46H38N2S2/c1-45(2,3)27-17-19-35-33(23-27)29-11-7-13-31(41-15-9-21-49-41)43(29)39-26-38-37(47(35)39)25-40-44-30(12-8-14-32(44)42-16-10-22-50-42)34-24-28(46(4,5)6)18-20-36(34)48(38)40/h7-26H,1-6H3. The lowest BCUT2D eigenvalue weighted by Gasteiger charge is -2.21. The van der Waals surface area contributed by atoms with E-state index in [0.717, 1.165) is 0 Å².